The SMILES string of the molecule is Cc1ccc(OCC(=O)N2CCc3c(c(-c4nc(C)no4)nn3C)C2)cc1. The first-order valence-electron chi connectivity index (χ1n) is 8.84. The Hall–Kier alpha value is -3.16. The minimum atomic E-state index is -0.0577. The quantitative estimate of drug-likeness (QED) is 0.701. The molecule has 1 aliphatic rings. The maximum Gasteiger partial charge on any atom is 0.278 e. The van der Waals surface area contributed by atoms with Gasteiger partial charge in [-0.15, -0.1) is 0 Å². The van der Waals surface area contributed by atoms with Gasteiger partial charge in [-0.2, -0.15) is 10.1 Å². The number of aryl methyl sites for hydroxylation is 3. The highest BCUT2D eigenvalue weighted by molar-refractivity contribution is 5.78. The average molecular weight is 367 g/mol. The molecule has 0 fully saturated rings. The smallest absolute Gasteiger partial charge is 0.278 e. The summed E-state index contributed by atoms with van der Waals surface area (Å²) in [7, 11) is 1.89. The van der Waals surface area contributed by atoms with Gasteiger partial charge in [0, 0.05) is 37.8 Å². The maximum absolute atomic E-state index is 12.6. The molecule has 1 aromatic carbocycles. The number of carbonyl (C=O) groups excluding carboxylic acids is 1. The number of rotatable bonds is 4. The molecule has 0 unspecified atom stereocenters. The number of aromatic nitrogens is 4. The van der Waals surface area contributed by atoms with Crippen molar-refractivity contribution in [2.75, 3.05) is 13.2 Å². The van der Waals surface area contributed by atoms with Crippen LogP contribution in [0.1, 0.15) is 22.6 Å². The average Bonchev–Trinajstić information content (AvgIpc) is 3.24. The second-order valence-electron chi connectivity index (χ2n) is 6.71. The lowest BCUT2D eigenvalue weighted by atomic mass is 10.0. The summed E-state index contributed by atoms with van der Waals surface area (Å²) < 4.78 is 12.7. The normalized spacial score (nSPS) is 13.5. The Morgan fingerprint density at radius 3 is 2.74 bits per heavy atom. The lowest BCUT2D eigenvalue weighted by Gasteiger charge is -2.27. The van der Waals surface area contributed by atoms with Gasteiger partial charge in [-0.1, -0.05) is 22.9 Å². The lowest BCUT2D eigenvalue weighted by Crippen LogP contribution is -2.39. The van der Waals surface area contributed by atoms with Crippen LogP contribution >= 0.6 is 0 Å². The third kappa shape index (κ3) is 3.42. The van der Waals surface area contributed by atoms with E-state index in [4.69, 9.17) is 9.26 Å². The molecule has 1 amide bonds. The van der Waals surface area contributed by atoms with Gasteiger partial charge in [0.05, 0.1) is 0 Å². The van der Waals surface area contributed by atoms with E-state index in [1.54, 1.807) is 11.8 Å². The number of hydrogen-bond acceptors (Lipinski definition) is 6. The van der Waals surface area contributed by atoms with Crippen molar-refractivity contribution in [1.29, 1.82) is 0 Å². The highest BCUT2D eigenvalue weighted by atomic mass is 16.5. The topological polar surface area (TPSA) is 86.3 Å². The van der Waals surface area contributed by atoms with Gasteiger partial charge in [-0.3, -0.25) is 9.48 Å². The Bertz CT molecular complexity index is 974. The Balaban J connectivity index is 1.49. The van der Waals surface area contributed by atoms with Crippen LogP contribution in [-0.4, -0.2) is 43.9 Å². The minimum absolute atomic E-state index is 0.00759. The highest BCUT2D eigenvalue weighted by Gasteiger charge is 2.29. The fraction of sp³-hybridized carbons (Fsp3) is 0.368. The van der Waals surface area contributed by atoms with E-state index in [0.29, 0.717) is 36.2 Å². The predicted octanol–water partition coefficient (Wildman–Crippen LogP) is 2.05. The Labute approximate surface area is 156 Å². The maximum atomic E-state index is 12.6. The zero-order valence-electron chi connectivity index (χ0n) is 15.6. The summed E-state index contributed by atoms with van der Waals surface area (Å²) in [5, 5.41) is 8.36. The molecule has 8 nitrogen and oxygen atoms in total. The Morgan fingerprint density at radius 1 is 1.26 bits per heavy atom. The monoisotopic (exact) mass is 367 g/mol. The third-order valence-corrected chi connectivity index (χ3v) is 4.71. The standard InChI is InChI=1S/C19H21N5O3/c1-12-4-6-14(7-5-12)26-11-17(25)24-9-8-16-15(10-24)18(21-23(16)3)19-20-13(2)22-27-19/h4-7H,8-11H2,1-3H3. The van der Waals surface area contributed by atoms with E-state index in [1.807, 2.05) is 42.9 Å². The molecule has 2 aromatic heterocycles. The fourth-order valence-corrected chi connectivity index (χ4v) is 3.24. The summed E-state index contributed by atoms with van der Waals surface area (Å²) in [4.78, 5) is 18.7. The van der Waals surface area contributed by atoms with E-state index in [1.165, 1.54) is 0 Å². The van der Waals surface area contributed by atoms with Crippen molar-refractivity contribution in [3.05, 3.63) is 46.9 Å². The van der Waals surface area contributed by atoms with E-state index >= 15 is 0 Å². The number of carbonyl (C=O) groups is 1. The van der Waals surface area contributed by atoms with Crippen molar-refractivity contribution < 1.29 is 14.1 Å². The number of nitrogens with zero attached hydrogens (tertiary/aromatic N) is 5. The van der Waals surface area contributed by atoms with E-state index in [2.05, 4.69) is 15.2 Å². The molecule has 0 saturated carbocycles. The molecule has 4 rings (SSSR count). The molecule has 3 heterocycles. The van der Waals surface area contributed by atoms with Crippen LogP contribution in [0, 0.1) is 13.8 Å². The van der Waals surface area contributed by atoms with Crippen molar-refractivity contribution in [3.8, 4) is 17.3 Å². The molecule has 0 radical (unpaired) electrons. The Kier molecular flexibility index (Phi) is 4.39. The van der Waals surface area contributed by atoms with Gasteiger partial charge in [-0.25, -0.2) is 0 Å². The van der Waals surface area contributed by atoms with Gasteiger partial charge in [-0.05, 0) is 26.0 Å². The summed E-state index contributed by atoms with van der Waals surface area (Å²) in [5.74, 6) is 1.57. The second-order valence-corrected chi connectivity index (χ2v) is 6.71. The van der Waals surface area contributed by atoms with Crippen LogP contribution in [0.15, 0.2) is 28.8 Å². The molecular weight excluding hydrogens is 346 g/mol. The first kappa shape index (κ1) is 17.3. The molecule has 0 N–H and O–H groups in total. The van der Waals surface area contributed by atoms with Gasteiger partial charge in [0.15, 0.2) is 18.1 Å². The van der Waals surface area contributed by atoms with Gasteiger partial charge in [0.2, 0.25) is 0 Å². The van der Waals surface area contributed by atoms with E-state index in [-0.39, 0.29) is 12.5 Å². The van der Waals surface area contributed by atoms with Crippen molar-refractivity contribution in [2.45, 2.75) is 26.8 Å². The van der Waals surface area contributed by atoms with E-state index in [9.17, 15) is 4.79 Å². The van der Waals surface area contributed by atoms with Crippen LogP contribution in [0.25, 0.3) is 11.6 Å². The zero-order valence-corrected chi connectivity index (χ0v) is 15.6. The summed E-state index contributed by atoms with van der Waals surface area (Å²) in [6.07, 6.45) is 0.724. The first-order chi connectivity index (χ1) is 13.0. The number of fused-ring (bicyclic) bond motifs is 1. The predicted molar refractivity (Wildman–Crippen MR) is 97.0 cm³/mol. The highest BCUT2D eigenvalue weighted by Crippen LogP contribution is 2.28. The summed E-state index contributed by atoms with van der Waals surface area (Å²) in [6, 6.07) is 7.66. The van der Waals surface area contributed by atoms with Gasteiger partial charge >= 0.3 is 0 Å². The molecule has 3 aromatic rings. The first-order valence-corrected chi connectivity index (χ1v) is 8.84. The summed E-state index contributed by atoms with van der Waals surface area (Å²) >= 11 is 0. The number of ether oxygens (including phenoxy) is 1. The molecule has 0 spiro atoms. The van der Waals surface area contributed by atoms with Crippen molar-refractivity contribution in [2.24, 2.45) is 7.05 Å². The largest absolute Gasteiger partial charge is 0.484 e. The van der Waals surface area contributed by atoms with Crippen LogP contribution in [0.3, 0.4) is 0 Å². The summed E-state index contributed by atoms with van der Waals surface area (Å²) in [5.41, 5.74) is 3.84. The molecule has 0 aliphatic carbocycles. The van der Waals surface area contributed by atoms with Gasteiger partial charge in [0.1, 0.15) is 5.75 Å². The fourth-order valence-electron chi connectivity index (χ4n) is 3.24. The lowest BCUT2D eigenvalue weighted by molar-refractivity contribution is -0.134. The van der Waals surface area contributed by atoms with E-state index < -0.39 is 0 Å². The third-order valence-electron chi connectivity index (χ3n) is 4.71. The molecular formula is C19H21N5O3. The van der Waals surface area contributed by atoms with Crippen LogP contribution in [-0.2, 0) is 24.8 Å². The molecule has 0 saturated heterocycles. The number of benzene rings is 1. The Morgan fingerprint density at radius 2 is 2.04 bits per heavy atom. The van der Waals surface area contributed by atoms with Crippen molar-refractivity contribution in [1.82, 2.24) is 24.8 Å². The van der Waals surface area contributed by atoms with E-state index in [0.717, 1.165) is 23.2 Å². The number of hydrogen-bond donors (Lipinski definition) is 0. The second kappa shape index (κ2) is 6.86. The van der Waals surface area contributed by atoms with Crippen LogP contribution < -0.4 is 4.74 Å². The molecule has 8 heteroatoms. The summed E-state index contributed by atoms with van der Waals surface area (Å²) in [6.45, 7) is 4.87. The molecule has 0 atom stereocenters. The number of amides is 1. The molecule has 0 bridgehead atoms. The van der Waals surface area contributed by atoms with Crippen LogP contribution in [0.2, 0.25) is 0 Å². The molecule has 27 heavy (non-hydrogen) atoms. The van der Waals surface area contributed by atoms with Gasteiger partial charge in [0.25, 0.3) is 11.8 Å². The van der Waals surface area contributed by atoms with Crippen LogP contribution in [0.5, 0.6) is 5.75 Å². The van der Waals surface area contributed by atoms with Crippen molar-refractivity contribution in [3.63, 3.8) is 0 Å². The molecule has 140 valence electrons. The van der Waals surface area contributed by atoms with Crippen molar-refractivity contribution >= 4 is 5.91 Å². The molecule has 1 aliphatic heterocycles. The minimum Gasteiger partial charge on any atom is -0.484 e. The zero-order chi connectivity index (χ0) is 19.0. The van der Waals surface area contributed by atoms with Gasteiger partial charge < -0.3 is 14.2 Å². The van der Waals surface area contributed by atoms with Crippen LogP contribution in [0.4, 0.5) is 0 Å².